The Balaban J connectivity index is 1.50. The molecule has 2 rings (SSSR count). The smallest absolute Gasteiger partial charge is 0.248 e. The second-order valence-electron chi connectivity index (χ2n) is 9.48. The van der Waals surface area contributed by atoms with Crippen LogP contribution in [0.25, 0.3) is 0 Å². The first kappa shape index (κ1) is 31.8. The summed E-state index contributed by atoms with van der Waals surface area (Å²) in [6, 6.07) is 4.05. The number of likely N-dealkylation sites (tertiary alicyclic amines) is 1. The zero-order valence-corrected chi connectivity index (χ0v) is 23.1. The number of nitrogen functional groups attached to an aromatic ring is 1. The zero-order valence-electron chi connectivity index (χ0n) is 23.1. The minimum Gasteiger partial charge on any atom is -0.489 e. The van der Waals surface area contributed by atoms with Crippen molar-refractivity contribution >= 4 is 17.5 Å². The molecule has 1 fully saturated rings. The van der Waals surface area contributed by atoms with Gasteiger partial charge in [-0.15, -0.1) is 0 Å². The van der Waals surface area contributed by atoms with Crippen LogP contribution in [0.5, 0.6) is 5.75 Å². The molecule has 1 heterocycles. The molecule has 0 unspecified atom stereocenters. The molecule has 0 radical (unpaired) electrons. The highest BCUT2D eigenvalue weighted by Gasteiger charge is 2.25. The lowest BCUT2D eigenvalue weighted by Gasteiger charge is -2.33. The lowest BCUT2D eigenvalue weighted by atomic mass is 9.86. The first-order chi connectivity index (χ1) is 18.3. The third-order valence-electron chi connectivity index (χ3n) is 6.01. The summed E-state index contributed by atoms with van der Waals surface area (Å²) in [5.41, 5.74) is 14.2. The molecule has 38 heavy (non-hydrogen) atoms. The van der Waals surface area contributed by atoms with Crippen LogP contribution in [0.2, 0.25) is 0 Å². The fourth-order valence-corrected chi connectivity index (χ4v) is 4.16. The maximum Gasteiger partial charge on any atom is 0.248 e. The van der Waals surface area contributed by atoms with Gasteiger partial charge in [-0.3, -0.25) is 9.59 Å². The fraction of sp³-hybridized carbons (Fsp3) is 0.704. The molecular formula is C27H45N3O8. The predicted molar refractivity (Wildman–Crippen MR) is 143 cm³/mol. The molecule has 0 bridgehead atoms. The van der Waals surface area contributed by atoms with E-state index in [1.54, 1.807) is 0 Å². The number of hydrogen-bond donors (Lipinski definition) is 2. The minimum absolute atomic E-state index is 0.00432. The summed E-state index contributed by atoms with van der Waals surface area (Å²) in [7, 11) is 0. The van der Waals surface area contributed by atoms with Gasteiger partial charge in [-0.05, 0) is 62.8 Å². The molecule has 0 spiro atoms. The third kappa shape index (κ3) is 12.4. The quantitative estimate of drug-likeness (QED) is 0.198. The summed E-state index contributed by atoms with van der Waals surface area (Å²) >= 11 is 0. The van der Waals surface area contributed by atoms with Crippen LogP contribution in [0.15, 0.2) is 12.1 Å². The lowest BCUT2D eigenvalue weighted by Crippen LogP contribution is -2.40. The summed E-state index contributed by atoms with van der Waals surface area (Å²) < 4.78 is 32.5. The number of nitrogens with zero attached hydrogens (tertiary/aromatic N) is 1. The largest absolute Gasteiger partial charge is 0.489 e. The number of hydrogen-bond acceptors (Lipinski definition) is 9. The van der Waals surface area contributed by atoms with E-state index in [4.69, 9.17) is 39.9 Å². The number of primary amides is 1. The first-order valence-electron chi connectivity index (χ1n) is 13.3. The number of carbonyl (C=O) groups is 2. The van der Waals surface area contributed by atoms with Crippen molar-refractivity contribution in [1.82, 2.24) is 4.90 Å². The zero-order chi connectivity index (χ0) is 27.8. The molecule has 1 aromatic carbocycles. The normalized spacial score (nSPS) is 14.3. The number of nitrogens with two attached hydrogens (primary N) is 2. The number of amides is 2. The number of aryl methyl sites for hydroxylation is 1. The Bertz CT molecular complexity index is 844. The highest BCUT2D eigenvalue weighted by atomic mass is 16.6. The van der Waals surface area contributed by atoms with E-state index in [-0.39, 0.29) is 25.2 Å². The maximum absolute atomic E-state index is 12.5. The Morgan fingerprint density at radius 2 is 1.37 bits per heavy atom. The number of benzene rings is 1. The Morgan fingerprint density at radius 1 is 0.868 bits per heavy atom. The Kier molecular flexibility index (Phi) is 15.0. The average Bonchev–Trinajstić information content (AvgIpc) is 2.87. The van der Waals surface area contributed by atoms with Crippen molar-refractivity contribution in [1.29, 1.82) is 0 Å². The van der Waals surface area contributed by atoms with Crippen LogP contribution in [-0.4, -0.2) is 102 Å². The molecule has 11 nitrogen and oxygen atoms in total. The molecular weight excluding hydrogens is 494 g/mol. The molecule has 0 aromatic heterocycles. The predicted octanol–water partition coefficient (Wildman–Crippen LogP) is 1.64. The van der Waals surface area contributed by atoms with E-state index in [1.165, 1.54) is 5.56 Å². The van der Waals surface area contributed by atoms with Crippen molar-refractivity contribution < 1.29 is 38.0 Å². The van der Waals surface area contributed by atoms with Crippen LogP contribution in [0.4, 0.5) is 5.69 Å². The Labute approximate surface area is 226 Å². The van der Waals surface area contributed by atoms with Gasteiger partial charge in [0.15, 0.2) is 0 Å². The number of rotatable bonds is 19. The molecule has 4 N–H and O–H groups in total. The topological polar surface area (TPSA) is 145 Å². The van der Waals surface area contributed by atoms with E-state index in [0.717, 1.165) is 24.2 Å². The SMILES string of the molecule is Cc1cc(N)c(OC(C)C)cc1C1CCN(C(=O)COCCOCCOCCOCCOCC(N)=O)CC1. The Hall–Kier alpha value is -2.44. The van der Waals surface area contributed by atoms with Crippen LogP contribution in [0.3, 0.4) is 0 Å². The summed E-state index contributed by atoms with van der Waals surface area (Å²) in [5.74, 6) is 0.610. The monoisotopic (exact) mass is 539 g/mol. The van der Waals surface area contributed by atoms with Gasteiger partial charge in [0, 0.05) is 13.1 Å². The molecule has 0 atom stereocenters. The van der Waals surface area contributed by atoms with Gasteiger partial charge in [0.1, 0.15) is 19.0 Å². The van der Waals surface area contributed by atoms with Crippen molar-refractivity contribution in [3.05, 3.63) is 23.3 Å². The van der Waals surface area contributed by atoms with Crippen LogP contribution < -0.4 is 16.2 Å². The number of anilines is 1. The molecule has 0 aliphatic carbocycles. The molecule has 216 valence electrons. The van der Waals surface area contributed by atoms with Crippen LogP contribution in [-0.2, 0) is 33.3 Å². The van der Waals surface area contributed by atoms with Gasteiger partial charge in [-0.2, -0.15) is 0 Å². The lowest BCUT2D eigenvalue weighted by molar-refractivity contribution is -0.137. The van der Waals surface area contributed by atoms with E-state index < -0.39 is 5.91 Å². The van der Waals surface area contributed by atoms with Crippen molar-refractivity contribution in [3.63, 3.8) is 0 Å². The third-order valence-corrected chi connectivity index (χ3v) is 6.01. The van der Waals surface area contributed by atoms with Crippen molar-refractivity contribution in [2.45, 2.75) is 45.6 Å². The van der Waals surface area contributed by atoms with Gasteiger partial charge < -0.3 is 44.8 Å². The van der Waals surface area contributed by atoms with E-state index in [9.17, 15) is 9.59 Å². The highest BCUT2D eigenvalue weighted by Crippen LogP contribution is 2.35. The van der Waals surface area contributed by atoms with Gasteiger partial charge in [-0.1, -0.05) is 0 Å². The number of ether oxygens (including phenoxy) is 6. The van der Waals surface area contributed by atoms with E-state index in [1.807, 2.05) is 24.8 Å². The molecule has 1 aliphatic rings. The number of carbonyl (C=O) groups excluding carboxylic acids is 2. The highest BCUT2D eigenvalue weighted by molar-refractivity contribution is 5.77. The van der Waals surface area contributed by atoms with E-state index in [2.05, 4.69) is 13.0 Å². The standard InChI is InChI=1S/C27H45N3O8/c1-20(2)38-25-17-23(21(3)16-24(25)28)22-4-6-30(7-5-22)27(32)19-37-15-13-35-11-9-33-8-10-34-12-14-36-18-26(29)31/h16-17,20,22H,4-15,18-19,28H2,1-3H3,(H2,29,31). The molecule has 0 saturated carbocycles. The minimum atomic E-state index is -0.501. The number of piperidine rings is 1. The second-order valence-corrected chi connectivity index (χ2v) is 9.48. The van der Waals surface area contributed by atoms with Crippen molar-refractivity contribution in [2.75, 3.05) is 84.9 Å². The average molecular weight is 540 g/mol. The van der Waals surface area contributed by atoms with Gasteiger partial charge >= 0.3 is 0 Å². The van der Waals surface area contributed by atoms with Crippen molar-refractivity contribution in [3.8, 4) is 5.75 Å². The summed E-state index contributed by atoms with van der Waals surface area (Å²) in [4.78, 5) is 24.9. The fourth-order valence-electron chi connectivity index (χ4n) is 4.16. The van der Waals surface area contributed by atoms with Crippen molar-refractivity contribution in [2.24, 2.45) is 5.73 Å². The molecule has 1 aromatic rings. The summed E-state index contributed by atoms with van der Waals surface area (Å²) in [6.07, 6.45) is 1.86. The van der Waals surface area contributed by atoms with E-state index >= 15 is 0 Å². The van der Waals surface area contributed by atoms with Crippen LogP contribution in [0.1, 0.15) is 43.7 Å². The maximum atomic E-state index is 12.5. The van der Waals surface area contributed by atoms with Gasteiger partial charge in [-0.25, -0.2) is 0 Å². The molecule has 2 amide bonds. The molecule has 1 saturated heterocycles. The molecule has 1 aliphatic heterocycles. The van der Waals surface area contributed by atoms with Crippen LogP contribution >= 0.6 is 0 Å². The van der Waals surface area contributed by atoms with E-state index in [0.29, 0.717) is 77.5 Å². The summed E-state index contributed by atoms with van der Waals surface area (Å²) in [6.45, 7) is 10.6. The first-order valence-corrected chi connectivity index (χ1v) is 13.3. The second kappa shape index (κ2) is 18.0. The molecule has 11 heteroatoms. The van der Waals surface area contributed by atoms with Gasteiger partial charge in [0.2, 0.25) is 11.8 Å². The van der Waals surface area contributed by atoms with Crippen LogP contribution in [0, 0.1) is 6.92 Å². The van der Waals surface area contributed by atoms with Gasteiger partial charge in [0.05, 0.1) is 64.6 Å². The van der Waals surface area contributed by atoms with Gasteiger partial charge in [0.25, 0.3) is 0 Å². The Morgan fingerprint density at radius 3 is 1.87 bits per heavy atom. The summed E-state index contributed by atoms with van der Waals surface area (Å²) in [5, 5.41) is 0.